The lowest BCUT2D eigenvalue weighted by atomic mass is 10.2. The number of hydrogen-bond donors (Lipinski definition) is 0. The fourth-order valence-corrected chi connectivity index (χ4v) is 2.86. The van der Waals surface area contributed by atoms with Gasteiger partial charge in [-0.2, -0.15) is 0 Å². The SMILES string of the molecule is CCn1cc(CN(C)C(=O)OCc2ccccc2)c2ccccc21. The van der Waals surface area contributed by atoms with Crippen LogP contribution in [0.5, 0.6) is 0 Å². The number of para-hydroxylation sites is 1. The smallest absolute Gasteiger partial charge is 0.410 e. The Morgan fingerprint density at radius 2 is 1.79 bits per heavy atom. The van der Waals surface area contributed by atoms with Crippen molar-refractivity contribution in [2.75, 3.05) is 7.05 Å². The van der Waals surface area contributed by atoms with Gasteiger partial charge in [-0.05, 0) is 24.1 Å². The van der Waals surface area contributed by atoms with Crippen LogP contribution >= 0.6 is 0 Å². The molecule has 124 valence electrons. The number of rotatable bonds is 5. The molecule has 0 spiro atoms. The Labute approximate surface area is 142 Å². The van der Waals surface area contributed by atoms with E-state index in [-0.39, 0.29) is 6.09 Å². The molecule has 1 amide bonds. The molecule has 0 radical (unpaired) electrons. The van der Waals surface area contributed by atoms with Crippen molar-refractivity contribution in [2.24, 2.45) is 0 Å². The van der Waals surface area contributed by atoms with Crippen LogP contribution in [0, 0.1) is 0 Å². The minimum absolute atomic E-state index is 0.292. The maximum Gasteiger partial charge on any atom is 0.410 e. The average Bonchev–Trinajstić information content (AvgIpc) is 2.98. The van der Waals surface area contributed by atoms with Gasteiger partial charge in [-0.25, -0.2) is 4.79 Å². The Bertz CT molecular complexity index is 824. The summed E-state index contributed by atoms with van der Waals surface area (Å²) < 4.78 is 7.59. The van der Waals surface area contributed by atoms with Crippen LogP contribution in [0.1, 0.15) is 18.1 Å². The molecule has 3 rings (SSSR count). The third-order valence-electron chi connectivity index (χ3n) is 4.14. The Kier molecular flexibility index (Phi) is 4.85. The minimum atomic E-state index is -0.313. The highest BCUT2D eigenvalue weighted by Crippen LogP contribution is 2.22. The Hall–Kier alpha value is -2.75. The number of aryl methyl sites for hydroxylation is 1. The lowest BCUT2D eigenvalue weighted by Crippen LogP contribution is -2.26. The van der Waals surface area contributed by atoms with Crippen LogP contribution in [-0.2, 0) is 24.4 Å². The van der Waals surface area contributed by atoms with Gasteiger partial charge in [-0.3, -0.25) is 0 Å². The summed E-state index contributed by atoms with van der Waals surface area (Å²) in [5, 5.41) is 1.18. The second-order valence-electron chi connectivity index (χ2n) is 5.85. The lowest BCUT2D eigenvalue weighted by Gasteiger charge is -2.16. The fraction of sp³-hybridized carbons (Fsp3) is 0.250. The Morgan fingerprint density at radius 1 is 1.08 bits per heavy atom. The Morgan fingerprint density at radius 3 is 2.54 bits per heavy atom. The van der Waals surface area contributed by atoms with Gasteiger partial charge in [-0.1, -0.05) is 48.5 Å². The molecule has 1 heterocycles. The van der Waals surface area contributed by atoms with E-state index >= 15 is 0 Å². The van der Waals surface area contributed by atoms with Gasteiger partial charge in [0.15, 0.2) is 0 Å². The number of aromatic nitrogens is 1. The van der Waals surface area contributed by atoms with Gasteiger partial charge in [-0.15, -0.1) is 0 Å². The summed E-state index contributed by atoms with van der Waals surface area (Å²) in [5.41, 5.74) is 3.31. The number of fused-ring (bicyclic) bond motifs is 1. The van der Waals surface area contributed by atoms with Crippen molar-refractivity contribution >= 4 is 17.0 Å². The standard InChI is InChI=1S/C20H22N2O2/c1-3-22-14-17(18-11-7-8-12-19(18)22)13-21(2)20(23)24-15-16-9-5-4-6-10-16/h4-12,14H,3,13,15H2,1-2H3. The second-order valence-corrected chi connectivity index (χ2v) is 5.85. The number of nitrogens with zero attached hydrogens (tertiary/aromatic N) is 2. The zero-order chi connectivity index (χ0) is 16.9. The van der Waals surface area contributed by atoms with Gasteiger partial charge in [0, 0.05) is 30.7 Å². The van der Waals surface area contributed by atoms with Crippen molar-refractivity contribution in [3.05, 3.63) is 71.9 Å². The summed E-state index contributed by atoms with van der Waals surface area (Å²) in [6.07, 6.45) is 1.80. The molecule has 0 saturated carbocycles. The molecule has 0 aliphatic heterocycles. The molecule has 0 fully saturated rings. The lowest BCUT2D eigenvalue weighted by molar-refractivity contribution is 0.103. The van der Waals surface area contributed by atoms with E-state index in [0.717, 1.165) is 17.7 Å². The monoisotopic (exact) mass is 322 g/mol. The maximum absolute atomic E-state index is 12.2. The second kappa shape index (κ2) is 7.21. The van der Waals surface area contributed by atoms with Crippen molar-refractivity contribution in [1.82, 2.24) is 9.47 Å². The maximum atomic E-state index is 12.2. The predicted octanol–water partition coefficient (Wildman–Crippen LogP) is 4.43. The molecule has 0 atom stereocenters. The third kappa shape index (κ3) is 3.43. The molecule has 0 saturated heterocycles. The van der Waals surface area contributed by atoms with E-state index in [9.17, 15) is 4.79 Å². The zero-order valence-corrected chi connectivity index (χ0v) is 14.1. The molecule has 0 unspecified atom stereocenters. The van der Waals surface area contributed by atoms with Crippen LogP contribution in [0.25, 0.3) is 10.9 Å². The summed E-state index contributed by atoms with van der Waals surface area (Å²) in [5.74, 6) is 0. The first kappa shape index (κ1) is 16.1. The molecule has 1 aromatic heterocycles. The molecule has 0 bridgehead atoms. The summed E-state index contributed by atoms with van der Waals surface area (Å²) in [4.78, 5) is 13.8. The van der Waals surface area contributed by atoms with E-state index in [1.54, 1.807) is 11.9 Å². The van der Waals surface area contributed by atoms with Crippen LogP contribution in [0.2, 0.25) is 0 Å². The first-order valence-corrected chi connectivity index (χ1v) is 8.17. The third-order valence-corrected chi connectivity index (χ3v) is 4.14. The minimum Gasteiger partial charge on any atom is -0.445 e. The van der Waals surface area contributed by atoms with Crippen LogP contribution in [-0.4, -0.2) is 22.6 Å². The normalized spacial score (nSPS) is 10.8. The van der Waals surface area contributed by atoms with Crippen molar-refractivity contribution < 1.29 is 9.53 Å². The van der Waals surface area contributed by atoms with E-state index in [1.165, 1.54) is 10.9 Å². The van der Waals surface area contributed by atoms with Gasteiger partial charge >= 0.3 is 6.09 Å². The highest BCUT2D eigenvalue weighted by molar-refractivity contribution is 5.84. The first-order valence-electron chi connectivity index (χ1n) is 8.17. The van der Waals surface area contributed by atoms with Gasteiger partial charge in [0.2, 0.25) is 0 Å². The van der Waals surface area contributed by atoms with Gasteiger partial charge in [0.25, 0.3) is 0 Å². The molecule has 4 heteroatoms. The van der Waals surface area contributed by atoms with Gasteiger partial charge in [0.1, 0.15) is 6.61 Å². The predicted molar refractivity (Wildman–Crippen MR) is 95.7 cm³/mol. The summed E-state index contributed by atoms with van der Waals surface area (Å²) in [6, 6.07) is 18.0. The zero-order valence-electron chi connectivity index (χ0n) is 14.1. The molecular formula is C20H22N2O2. The van der Waals surface area contributed by atoms with Gasteiger partial charge < -0.3 is 14.2 Å². The van der Waals surface area contributed by atoms with Crippen molar-refractivity contribution in [3.63, 3.8) is 0 Å². The average molecular weight is 322 g/mol. The van der Waals surface area contributed by atoms with Gasteiger partial charge in [0.05, 0.1) is 6.54 Å². The van der Waals surface area contributed by atoms with Crippen molar-refractivity contribution in [1.29, 1.82) is 0 Å². The van der Waals surface area contributed by atoms with Crippen molar-refractivity contribution in [2.45, 2.75) is 26.6 Å². The van der Waals surface area contributed by atoms with Crippen LogP contribution in [0.3, 0.4) is 0 Å². The Balaban J connectivity index is 1.68. The first-order chi connectivity index (χ1) is 11.7. The van der Waals surface area contributed by atoms with E-state index in [2.05, 4.69) is 29.8 Å². The fourth-order valence-electron chi connectivity index (χ4n) is 2.86. The highest BCUT2D eigenvalue weighted by atomic mass is 16.6. The molecule has 24 heavy (non-hydrogen) atoms. The van der Waals surface area contributed by atoms with E-state index < -0.39 is 0 Å². The quantitative estimate of drug-likeness (QED) is 0.696. The molecule has 0 N–H and O–H groups in total. The largest absolute Gasteiger partial charge is 0.445 e. The van der Waals surface area contributed by atoms with Crippen LogP contribution in [0.4, 0.5) is 4.79 Å². The number of benzene rings is 2. The summed E-state index contributed by atoms with van der Waals surface area (Å²) in [6.45, 7) is 3.85. The highest BCUT2D eigenvalue weighted by Gasteiger charge is 2.14. The van der Waals surface area contributed by atoms with E-state index in [0.29, 0.717) is 13.2 Å². The van der Waals surface area contributed by atoms with E-state index in [4.69, 9.17) is 4.74 Å². The van der Waals surface area contributed by atoms with E-state index in [1.807, 2.05) is 42.5 Å². The number of hydrogen-bond acceptors (Lipinski definition) is 2. The number of carbonyl (C=O) groups is 1. The summed E-state index contributed by atoms with van der Waals surface area (Å²) in [7, 11) is 1.77. The molecule has 0 aliphatic rings. The summed E-state index contributed by atoms with van der Waals surface area (Å²) >= 11 is 0. The number of carbonyl (C=O) groups excluding carboxylic acids is 1. The number of ether oxygens (including phenoxy) is 1. The molecule has 3 aromatic rings. The van der Waals surface area contributed by atoms with Crippen molar-refractivity contribution in [3.8, 4) is 0 Å². The molecule has 0 aliphatic carbocycles. The van der Waals surface area contributed by atoms with Crippen LogP contribution in [0.15, 0.2) is 60.8 Å². The van der Waals surface area contributed by atoms with Crippen LogP contribution < -0.4 is 0 Å². The molecule has 4 nitrogen and oxygen atoms in total. The topological polar surface area (TPSA) is 34.5 Å². The number of amides is 1. The molecular weight excluding hydrogens is 300 g/mol. The molecule has 2 aromatic carbocycles.